The lowest BCUT2D eigenvalue weighted by Gasteiger charge is -2.29. The number of carbonyl (C=O) groups is 1. The monoisotopic (exact) mass is 257 g/mol. The van der Waals surface area contributed by atoms with Gasteiger partial charge in [0.25, 0.3) is 0 Å². The van der Waals surface area contributed by atoms with Gasteiger partial charge < -0.3 is 4.90 Å². The Morgan fingerprint density at radius 2 is 1.78 bits per heavy atom. The molecule has 0 aliphatic carbocycles. The summed E-state index contributed by atoms with van der Waals surface area (Å²) in [5.41, 5.74) is 2.38. The van der Waals surface area contributed by atoms with E-state index in [0.29, 0.717) is 10.5 Å². The molecule has 2 aromatic carbocycles. The Kier molecular flexibility index (Phi) is 2.52. The van der Waals surface area contributed by atoms with Crippen LogP contribution in [0.25, 0.3) is 0 Å². The van der Waals surface area contributed by atoms with Crippen LogP contribution in [0.1, 0.15) is 10.4 Å². The van der Waals surface area contributed by atoms with Gasteiger partial charge in [-0.05, 0) is 30.3 Å². The Labute approximate surface area is 108 Å². The van der Waals surface area contributed by atoms with Crippen molar-refractivity contribution in [1.29, 1.82) is 0 Å². The zero-order chi connectivity index (χ0) is 12.7. The van der Waals surface area contributed by atoms with Crippen LogP contribution >= 0.6 is 0 Å². The molecule has 0 saturated carbocycles. The molecular formula is C14H11NO2S. The van der Waals surface area contributed by atoms with E-state index in [1.807, 2.05) is 42.3 Å². The standard InChI is InChI=1S/C14H11NO2S/c1-15-11-4-2-3-5-13(11)18(17)14-8-10(9-16)6-7-12(14)15/h2-9H,1H3. The first-order chi connectivity index (χ1) is 8.72. The van der Waals surface area contributed by atoms with E-state index < -0.39 is 10.8 Å². The number of hydrogen-bond acceptors (Lipinski definition) is 3. The molecule has 0 radical (unpaired) electrons. The first kappa shape index (κ1) is 11.2. The molecule has 4 heteroatoms. The van der Waals surface area contributed by atoms with Crippen LogP contribution in [0.15, 0.2) is 52.3 Å². The molecule has 3 rings (SSSR count). The molecule has 1 aliphatic rings. The quantitative estimate of drug-likeness (QED) is 0.737. The fourth-order valence-electron chi connectivity index (χ4n) is 2.17. The van der Waals surface area contributed by atoms with Crippen molar-refractivity contribution in [3.05, 3.63) is 48.0 Å². The second-order valence-corrected chi connectivity index (χ2v) is 5.56. The minimum atomic E-state index is -1.22. The number of hydrogen-bond donors (Lipinski definition) is 0. The number of carbonyl (C=O) groups excluding carboxylic acids is 1. The van der Waals surface area contributed by atoms with Gasteiger partial charge in [-0.25, -0.2) is 4.21 Å². The van der Waals surface area contributed by atoms with E-state index in [9.17, 15) is 9.00 Å². The van der Waals surface area contributed by atoms with Crippen molar-refractivity contribution in [1.82, 2.24) is 0 Å². The molecule has 0 bridgehead atoms. The van der Waals surface area contributed by atoms with Crippen molar-refractivity contribution in [3.63, 3.8) is 0 Å². The van der Waals surface area contributed by atoms with E-state index in [1.54, 1.807) is 12.1 Å². The first-order valence-electron chi connectivity index (χ1n) is 5.56. The van der Waals surface area contributed by atoms with Gasteiger partial charge in [-0.2, -0.15) is 0 Å². The summed E-state index contributed by atoms with van der Waals surface area (Å²) in [6.07, 6.45) is 0.776. The molecule has 0 saturated heterocycles. The fraction of sp³-hybridized carbons (Fsp3) is 0.0714. The maximum absolute atomic E-state index is 12.5. The van der Waals surface area contributed by atoms with Gasteiger partial charge in [0, 0.05) is 12.6 Å². The van der Waals surface area contributed by atoms with Gasteiger partial charge in [0.15, 0.2) is 0 Å². The normalized spacial score (nSPS) is 16.9. The third-order valence-corrected chi connectivity index (χ3v) is 4.58. The van der Waals surface area contributed by atoms with E-state index in [4.69, 9.17) is 0 Å². The molecule has 0 spiro atoms. The zero-order valence-corrected chi connectivity index (χ0v) is 10.6. The van der Waals surface area contributed by atoms with Crippen LogP contribution in [0.2, 0.25) is 0 Å². The molecule has 1 aliphatic heterocycles. The second kappa shape index (κ2) is 4.07. The third-order valence-electron chi connectivity index (χ3n) is 3.11. The predicted octanol–water partition coefficient (Wildman–Crippen LogP) is 2.75. The summed E-state index contributed by atoms with van der Waals surface area (Å²) in [6, 6.07) is 12.9. The van der Waals surface area contributed by atoms with Crippen molar-refractivity contribution in [2.24, 2.45) is 0 Å². The van der Waals surface area contributed by atoms with Crippen molar-refractivity contribution >= 4 is 28.5 Å². The lowest BCUT2D eigenvalue weighted by atomic mass is 10.2. The van der Waals surface area contributed by atoms with Crippen molar-refractivity contribution in [2.75, 3.05) is 11.9 Å². The van der Waals surface area contributed by atoms with Crippen LogP contribution in [-0.4, -0.2) is 17.5 Å². The van der Waals surface area contributed by atoms with Crippen LogP contribution in [0.3, 0.4) is 0 Å². The molecule has 18 heavy (non-hydrogen) atoms. The highest BCUT2D eigenvalue weighted by Crippen LogP contribution is 2.40. The summed E-state index contributed by atoms with van der Waals surface area (Å²) < 4.78 is 12.5. The van der Waals surface area contributed by atoms with E-state index in [-0.39, 0.29) is 0 Å². The summed E-state index contributed by atoms with van der Waals surface area (Å²) >= 11 is 0. The van der Waals surface area contributed by atoms with Gasteiger partial charge in [0.05, 0.1) is 32.0 Å². The maximum atomic E-state index is 12.5. The van der Waals surface area contributed by atoms with E-state index in [2.05, 4.69) is 0 Å². The Morgan fingerprint density at radius 1 is 1.06 bits per heavy atom. The molecule has 0 fully saturated rings. The van der Waals surface area contributed by atoms with E-state index in [1.165, 1.54) is 0 Å². The zero-order valence-electron chi connectivity index (χ0n) is 9.79. The topological polar surface area (TPSA) is 37.4 Å². The summed E-state index contributed by atoms with van der Waals surface area (Å²) in [6.45, 7) is 0. The van der Waals surface area contributed by atoms with Crippen LogP contribution in [0.4, 0.5) is 11.4 Å². The minimum Gasteiger partial charge on any atom is -0.343 e. The molecule has 3 nitrogen and oxygen atoms in total. The molecule has 0 amide bonds. The number of rotatable bonds is 1. The summed E-state index contributed by atoms with van der Waals surface area (Å²) in [4.78, 5) is 14.3. The van der Waals surface area contributed by atoms with Crippen LogP contribution in [0.5, 0.6) is 0 Å². The Bertz CT molecular complexity index is 667. The molecule has 1 unspecified atom stereocenters. The first-order valence-corrected chi connectivity index (χ1v) is 6.71. The number of benzene rings is 2. The van der Waals surface area contributed by atoms with Crippen LogP contribution < -0.4 is 4.90 Å². The van der Waals surface area contributed by atoms with Gasteiger partial charge in [-0.3, -0.25) is 4.79 Å². The largest absolute Gasteiger partial charge is 0.343 e. The lowest BCUT2D eigenvalue weighted by molar-refractivity contribution is 0.112. The molecule has 1 atom stereocenters. The Balaban J connectivity index is 2.26. The Morgan fingerprint density at radius 3 is 2.56 bits per heavy atom. The van der Waals surface area contributed by atoms with Gasteiger partial charge >= 0.3 is 0 Å². The highest BCUT2D eigenvalue weighted by atomic mass is 32.2. The minimum absolute atomic E-state index is 0.551. The number of fused-ring (bicyclic) bond motifs is 2. The van der Waals surface area contributed by atoms with Gasteiger partial charge in [0.1, 0.15) is 6.29 Å². The molecule has 0 N–H and O–H groups in total. The van der Waals surface area contributed by atoms with Gasteiger partial charge in [-0.1, -0.05) is 12.1 Å². The predicted molar refractivity (Wildman–Crippen MR) is 71.0 cm³/mol. The molecule has 90 valence electrons. The molecule has 1 heterocycles. The fourth-order valence-corrected chi connectivity index (χ4v) is 3.64. The molecular weight excluding hydrogens is 246 g/mol. The SMILES string of the molecule is CN1c2ccccc2S(=O)c2cc(C=O)ccc21. The highest BCUT2D eigenvalue weighted by molar-refractivity contribution is 7.85. The second-order valence-electron chi connectivity index (χ2n) is 4.14. The highest BCUT2D eigenvalue weighted by Gasteiger charge is 2.25. The number of nitrogens with zero attached hydrogens (tertiary/aromatic N) is 1. The number of para-hydroxylation sites is 1. The van der Waals surface area contributed by atoms with Crippen LogP contribution in [0, 0.1) is 0 Å². The average molecular weight is 257 g/mol. The summed E-state index contributed by atoms with van der Waals surface area (Å²) in [5, 5.41) is 0. The third kappa shape index (κ3) is 1.49. The van der Waals surface area contributed by atoms with Crippen LogP contribution in [-0.2, 0) is 10.8 Å². The van der Waals surface area contributed by atoms with E-state index in [0.717, 1.165) is 22.6 Å². The smallest absolute Gasteiger partial charge is 0.150 e. The molecule has 2 aromatic rings. The summed E-state index contributed by atoms with van der Waals surface area (Å²) in [5.74, 6) is 0. The van der Waals surface area contributed by atoms with Crippen molar-refractivity contribution < 1.29 is 9.00 Å². The average Bonchev–Trinajstić information content (AvgIpc) is 2.44. The summed E-state index contributed by atoms with van der Waals surface area (Å²) in [7, 11) is 0.716. The van der Waals surface area contributed by atoms with Crippen molar-refractivity contribution in [2.45, 2.75) is 9.79 Å². The maximum Gasteiger partial charge on any atom is 0.150 e. The van der Waals surface area contributed by atoms with E-state index >= 15 is 0 Å². The number of anilines is 2. The van der Waals surface area contributed by atoms with Gasteiger partial charge in [0.2, 0.25) is 0 Å². The lowest BCUT2D eigenvalue weighted by Crippen LogP contribution is -2.19. The molecule has 0 aromatic heterocycles. The van der Waals surface area contributed by atoms with Gasteiger partial charge in [-0.15, -0.1) is 0 Å². The number of aldehydes is 1. The Hall–Kier alpha value is -1.94. The van der Waals surface area contributed by atoms with Crippen molar-refractivity contribution in [3.8, 4) is 0 Å².